The Balaban J connectivity index is 2.32. The predicted octanol–water partition coefficient (Wildman–Crippen LogP) is 4.70. The molecule has 1 aromatic carbocycles. The number of hydrogen-bond donors (Lipinski definition) is 2. The Bertz CT molecular complexity index is 1030. The van der Waals surface area contributed by atoms with Crippen molar-refractivity contribution in [3.8, 4) is 11.3 Å². The van der Waals surface area contributed by atoms with Gasteiger partial charge in [-0.1, -0.05) is 0 Å². The van der Waals surface area contributed by atoms with Gasteiger partial charge in [-0.15, -0.1) is 0 Å². The fraction of sp³-hybridized carbons (Fsp3) is 0.263. The molecule has 2 aromatic heterocycles. The Morgan fingerprint density at radius 1 is 1.18 bits per heavy atom. The lowest BCUT2D eigenvalue weighted by Gasteiger charge is -2.18. The van der Waals surface area contributed by atoms with Gasteiger partial charge in [-0.3, -0.25) is 4.79 Å². The maximum Gasteiger partial charge on any atom is 0.395 e. The summed E-state index contributed by atoms with van der Waals surface area (Å²) in [6.45, 7) is 1.02. The number of rotatable bonds is 4. The van der Waals surface area contributed by atoms with Gasteiger partial charge < -0.3 is 15.1 Å². The largest absolute Gasteiger partial charge is 0.437 e. The van der Waals surface area contributed by atoms with Crippen LogP contribution in [0.3, 0.4) is 0 Å². The van der Waals surface area contributed by atoms with Crippen LogP contribution in [-0.4, -0.2) is 31.2 Å². The number of fused-ring (bicyclic) bond motifs is 1. The predicted molar refractivity (Wildman–Crippen MR) is 96.8 cm³/mol. The molecule has 0 bridgehead atoms. The minimum absolute atomic E-state index is 0.000174. The highest BCUT2D eigenvalue weighted by Gasteiger charge is 2.39. The van der Waals surface area contributed by atoms with Gasteiger partial charge in [0.1, 0.15) is 17.4 Å². The summed E-state index contributed by atoms with van der Waals surface area (Å²) >= 11 is 0. The molecule has 5 nitrogen and oxygen atoms in total. The first-order valence-electron chi connectivity index (χ1n) is 8.37. The van der Waals surface area contributed by atoms with E-state index in [0.29, 0.717) is 5.56 Å². The van der Waals surface area contributed by atoms with Crippen LogP contribution < -0.4 is 10.6 Å². The monoisotopic (exact) mass is 395 g/mol. The Morgan fingerprint density at radius 2 is 1.82 bits per heavy atom. The van der Waals surface area contributed by atoms with E-state index in [-0.39, 0.29) is 33.8 Å². The van der Waals surface area contributed by atoms with Crippen molar-refractivity contribution in [3.05, 3.63) is 47.3 Å². The van der Waals surface area contributed by atoms with Crippen molar-refractivity contribution >= 4 is 22.8 Å². The lowest BCUT2D eigenvalue weighted by Crippen LogP contribution is -2.20. The normalized spacial score (nSPS) is 12.8. The van der Waals surface area contributed by atoms with Crippen LogP contribution in [0, 0.1) is 5.82 Å². The Hall–Kier alpha value is -3.10. The molecule has 148 valence electrons. The number of pyridine rings is 1. The molecule has 0 aliphatic carbocycles. The van der Waals surface area contributed by atoms with E-state index in [2.05, 4.69) is 15.6 Å². The summed E-state index contributed by atoms with van der Waals surface area (Å²) in [5, 5.41) is 5.23. The highest BCUT2D eigenvalue weighted by atomic mass is 19.4. The highest BCUT2D eigenvalue weighted by Crippen LogP contribution is 2.41. The summed E-state index contributed by atoms with van der Waals surface area (Å²) in [6.07, 6.45) is -4.49. The van der Waals surface area contributed by atoms with Crippen LogP contribution in [0.1, 0.15) is 28.8 Å². The van der Waals surface area contributed by atoms with E-state index in [9.17, 15) is 22.4 Å². The molecule has 0 radical (unpaired) electrons. The fourth-order valence-corrected chi connectivity index (χ4v) is 2.90. The van der Waals surface area contributed by atoms with E-state index in [0.717, 1.165) is 6.92 Å². The lowest BCUT2D eigenvalue weighted by atomic mass is 9.98. The molecular formula is C19H17F4N3O2. The zero-order chi connectivity index (χ0) is 20.6. The molecule has 1 amide bonds. The first kappa shape index (κ1) is 19.7. The smallest absolute Gasteiger partial charge is 0.395 e. The Morgan fingerprint density at radius 3 is 2.36 bits per heavy atom. The molecule has 9 heteroatoms. The number of carbonyl (C=O) groups is 1. The summed E-state index contributed by atoms with van der Waals surface area (Å²) in [6, 6.07) is 6.47. The second kappa shape index (κ2) is 7.14. The minimum atomic E-state index is -4.49. The maximum absolute atomic E-state index is 13.3. The van der Waals surface area contributed by atoms with Crippen LogP contribution in [0.4, 0.5) is 23.4 Å². The van der Waals surface area contributed by atoms with Crippen LogP contribution >= 0.6 is 0 Å². The zero-order valence-electron chi connectivity index (χ0n) is 15.2. The van der Waals surface area contributed by atoms with Gasteiger partial charge in [-0.25, -0.2) is 4.39 Å². The molecule has 3 aromatic rings. The summed E-state index contributed by atoms with van der Waals surface area (Å²) in [5.74, 6) is -2.74. The topological polar surface area (TPSA) is 67.2 Å². The number of alkyl halides is 3. The molecule has 28 heavy (non-hydrogen) atoms. The third kappa shape index (κ3) is 3.39. The van der Waals surface area contributed by atoms with Crippen LogP contribution in [0.5, 0.6) is 0 Å². The number of nitrogens with zero attached hydrogens (tertiary/aromatic N) is 1. The number of hydrogen-bond acceptors (Lipinski definition) is 4. The third-order valence-electron chi connectivity index (χ3n) is 4.47. The number of amides is 1. The van der Waals surface area contributed by atoms with Crippen molar-refractivity contribution in [1.29, 1.82) is 0 Å². The number of nitrogens with one attached hydrogen (secondary N) is 2. The summed E-state index contributed by atoms with van der Waals surface area (Å²) < 4.78 is 58.8. The van der Waals surface area contributed by atoms with Crippen molar-refractivity contribution in [2.45, 2.75) is 19.0 Å². The third-order valence-corrected chi connectivity index (χ3v) is 4.47. The van der Waals surface area contributed by atoms with Crippen LogP contribution in [0.15, 0.2) is 34.7 Å². The molecule has 0 spiro atoms. The van der Waals surface area contributed by atoms with Gasteiger partial charge in [0.05, 0.1) is 16.9 Å². The van der Waals surface area contributed by atoms with Crippen molar-refractivity contribution in [2.75, 3.05) is 19.4 Å². The van der Waals surface area contributed by atoms with Gasteiger partial charge in [0.15, 0.2) is 0 Å². The van der Waals surface area contributed by atoms with Crippen molar-refractivity contribution in [2.24, 2.45) is 0 Å². The molecule has 2 N–H and O–H groups in total. The summed E-state index contributed by atoms with van der Waals surface area (Å²) in [5.41, 5.74) is 0.323. The molecule has 0 aliphatic rings. The second-order valence-electron chi connectivity index (χ2n) is 6.18. The van der Waals surface area contributed by atoms with E-state index in [1.54, 1.807) is 0 Å². The number of furan rings is 1. The van der Waals surface area contributed by atoms with Crippen molar-refractivity contribution < 1.29 is 26.8 Å². The van der Waals surface area contributed by atoms with Gasteiger partial charge in [-0.05, 0) is 37.3 Å². The van der Waals surface area contributed by atoms with E-state index in [1.807, 2.05) is 0 Å². The molecule has 0 aliphatic heterocycles. The van der Waals surface area contributed by atoms with Gasteiger partial charge in [0.25, 0.3) is 5.91 Å². The Kier molecular flexibility index (Phi) is 5.01. The quantitative estimate of drug-likeness (QED) is 0.629. The SMILES string of the molecule is CNC(=O)c1c(-c2ccc(F)cc2)oc2nc(NC)c(C(C)C(F)(F)F)cc12. The molecule has 0 fully saturated rings. The molecule has 1 unspecified atom stereocenters. The van der Waals surface area contributed by atoms with Crippen molar-refractivity contribution in [1.82, 2.24) is 10.3 Å². The second-order valence-corrected chi connectivity index (χ2v) is 6.18. The standard InChI is InChI=1S/C19H17F4N3O2/c1-9(19(21,22)23)12-8-13-14(17(27)25-3)15(10-4-6-11(20)7-5-10)28-18(13)26-16(12)24-2/h4-9H,1-3H3,(H,24,26)(H,25,27). The molecule has 0 saturated heterocycles. The average molecular weight is 395 g/mol. The highest BCUT2D eigenvalue weighted by molar-refractivity contribution is 6.10. The molecule has 1 atom stereocenters. The van der Waals surface area contributed by atoms with E-state index >= 15 is 0 Å². The van der Waals surface area contributed by atoms with Crippen LogP contribution in [-0.2, 0) is 0 Å². The zero-order valence-corrected chi connectivity index (χ0v) is 15.2. The number of halogens is 4. The van der Waals surface area contributed by atoms with Gasteiger partial charge in [0.2, 0.25) is 5.71 Å². The molecule has 2 heterocycles. The van der Waals surface area contributed by atoms with E-state index in [4.69, 9.17) is 4.42 Å². The summed E-state index contributed by atoms with van der Waals surface area (Å²) in [7, 11) is 2.84. The molecule has 3 rings (SSSR count). The number of benzene rings is 1. The first-order chi connectivity index (χ1) is 13.2. The first-order valence-corrected chi connectivity index (χ1v) is 8.37. The fourth-order valence-electron chi connectivity index (χ4n) is 2.90. The number of aromatic nitrogens is 1. The van der Waals surface area contributed by atoms with E-state index in [1.165, 1.54) is 44.4 Å². The molecular weight excluding hydrogens is 378 g/mol. The lowest BCUT2D eigenvalue weighted by molar-refractivity contribution is -0.146. The van der Waals surface area contributed by atoms with Crippen LogP contribution in [0.25, 0.3) is 22.4 Å². The van der Waals surface area contributed by atoms with Gasteiger partial charge >= 0.3 is 6.18 Å². The average Bonchev–Trinajstić information content (AvgIpc) is 3.03. The maximum atomic E-state index is 13.3. The number of anilines is 1. The summed E-state index contributed by atoms with van der Waals surface area (Å²) in [4.78, 5) is 16.6. The van der Waals surface area contributed by atoms with Crippen molar-refractivity contribution in [3.63, 3.8) is 0 Å². The molecule has 0 saturated carbocycles. The van der Waals surface area contributed by atoms with E-state index < -0.39 is 23.8 Å². The minimum Gasteiger partial charge on any atom is -0.437 e. The van der Waals surface area contributed by atoms with Gasteiger partial charge in [-0.2, -0.15) is 18.2 Å². The van der Waals surface area contributed by atoms with Gasteiger partial charge in [0, 0.05) is 25.2 Å². The Labute approximate surface area is 157 Å². The van der Waals surface area contributed by atoms with Crippen LogP contribution in [0.2, 0.25) is 0 Å². The number of carbonyl (C=O) groups excluding carboxylic acids is 1.